The van der Waals surface area contributed by atoms with Gasteiger partial charge in [-0.15, -0.1) is 0 Å². The summed E-state index contributed by atoms with van der Waals surface area (Å²) in [5.74, 6) is 1.08. The van der Waals surface area contributed by atoms with E-state index in [1.807, 2.05) is 30.9 Å². The number of benzene rings is 2. The maximum absolute atomic E-state index is 12.7. The predicted molar refractivity (Wildman–Crippen MR) is 122 cm³/mol. The van der Waals surface area contributed by atoms with Gasteiger partial charge in [-0.1, -0.05) is 30.3 Å². The lowest BCUT2D eigenvalue weighted by Crippen LogP contribution is -2.73. The first-order chi connectivity index (χ1) is 15.1. The van der Waals surface area contributed by atoms with Crippen LogP contribution in [0.5, 0.6) is 5.75 Å². The third kappa shape index (κ3) is 2.67. The summed E-state index contributed by atoms with van der Waals surface area (Å²) >= 11 is 0. The van der Waals surface area contributed by atoms with Crippen LogP contribution in [-0.2, 0) is 0 Å². The summed E-state index contributed by atoms with van der Waals surface area (Å²) < 4.78 is 6.71. The third-order valence-corrected chi connectivity index (χ3v) is 8.26. The highest BCUT2D eigenvalue weighted by atomic mass is 16.5. The second kappa shape index (κ2) is 6.70. The molecule has 2 aliphatic carbocycles. The van der Waals surface area contributed by atoms with E-state index >= 15 is 0 Å². The molecule has 160 valence electrons. The molecule has 0 bridgehead atoms. The largest absolute Gasteiger partial charge is 0.482 e. The molecule has 1 amide bonds. The Balaban J connectivity index is 1.37. The van der Waals surface area contributed by atoms with Gasteiger partial charge in [0.15, 0.2) is 0 Å². The molecule has 31 heavy (non-hydrogen) atoms. The van der Waals surface area contributed by atoms with Crippen LogP contribution in [-0.4, -0.2) is 41.6 Å². The highest BCUT2D eigenvalue weighted by molar-refractivity contribution is 5.95. The lowest BCUT2D eigenvalue weighted by Gasteiger charge is -2.62. The van der Waals surface area contributed by atoms with E-state index < -0.39 is 0 Å². The van der Waals surface area contributed by atoms with Crippen molar-refractivity contribution in [3.63, 3.8) is 0 Å². The van der Waals surface area contributed by atoms with Gasteiger partial charge in [-0.05, 0) is 68.5 Å². The topological polar surface area (TPSA) is 41.6 Å². The summed E-state index contributed by atoms with van der Waals surface area (Å²) in [6, 6.07) is 17.8. The Morgan fingerprint density at radius 1 is 1.10 bits per heavy atom. The molecule has 2 aliphatic heterocycles. The van der Waals surface area contributed by atoms with E-state index in [-0.39, 0.29) is 11.5 Å². The molecule has 4 aliphatic rings. The second-order valence-corrected chi connectivity index (χ2v) is 9.70. The molecule has 2 spiro atoms. The summed E-state index contributed by atoms with van der Waals surface area (Å²) in [5.41, 5.74) is 4.51. The van der Waals surface area contributed by atoms with Crippen molar-refractivity contribution in [2.24, 2.45) is 5.41 Å². The summed E-state index contributed by atoms with van der Waals surface area (Å²) in [7, 11) is 0. The maximum Gasteiger partial charge on any atom is 0.253 e. The average molecular weight is 415 g/mol. The van der Waals surface area contributed by atoms with Crippen molar-refractivity contribution in [3.05, 3.63) is 71.3 Å². The molecule has 0 radical (unpaired) electrons. The Morgan fingerprint density at radius 3 is 2.52 bits per heavy atom. The first-order valence-electron chi connectivity index (χ1n) is 11.7. The van der Waals surface area contributed by atoms with Gasteiger partial charge in [0.1, 0.15) is 11.4 Å². The molecule has 0 aromatic heterocycles. The minimum atomic E-state index is -0.230. The fraction of sp³-hybridized carbons (Fsp3) is 0.444. The van der Waals surface area contributed by atoms with Crippen molar-refractivity contribution in [2.75, 3.05) is 13.1 Å². The standard InChI is InChI=1S/C27H30N2O2/c1-3-29(4-2)25(30)19-11-9-18(10-12-19)21-15-26(31-22-8-6-5-7-20(21)22)16-24-27(17-26)14-13-23(27)28-24/h5-12,15,23-24,28H,3-4,13-14,16-17H2,1-2H3. The fourth-order valence-electron chi connectivity index (χ4n) is 6.49. The monoisotopic (exact) mass is 414 g/mol. The first-order valence-corrected chi connectivity index (χ1v) is 11.7. The van der Waals surface area contributed by atoms with Gasteiger partial charge in [0.25, 0.3) is 5.91 Å². The van der Waals surface area contributed by atoms with Crippen LogP contribution < -0.4 is 10.1 Å². The Labute approximate surface area is 184 Å². The van der Waals surface area contributed by atoms with Gasteiger partial charge in [-0.25, -0.2) is 0 Å². The van der Waals surface area contributed by atoms with Gasteiger partial charge >= 0.3 is 0 Å². The maximum atomic E-state index is 12.7. The van der Waals surface area contributed by atoms with Gasteiger partial charge in [-0.2, -0.15) is 0 Å². The molecule has 2 aromatic carbocycles. The fourth-order valence-corrected chi connectivity index (χ4v) is 6.49. The quantitative estimate of drug-likeness (QED) is 0.792. The summed E-state index contributed by atoms with van der Waals surface area (Å²) in [6.07, 6.45) is 7.18. The second-order valence-electron chi connectivity index (χ2n) is 9.70. The van der Waals surface area contributed by atoms with E-state index in [1.165, 1.54) is 18.4 Å². The van der Waals surface area contributed by atoms with E-state index in [0.29, 0.717) is 17.5 Å². The van der Waals surface area contributed by atoms with Crippen LogP contribution in [0.3, 0.4) is 0 Å². The average Bonchev–Trinajstić information content (AvgIpc) is 3.09. The van der Waals surface area contributed by atoms with Crippen LogP contribution in [0.2, 0.25) is 0 Å². The third-order valence-electron chi connectivity index (χ3n) is 8.26. The highest BCUT2D eigenvalue weighted by Crippen LogP contribution is 2.64. The smallest absolute Gasteiger partial charge is 0.253 e. The van der Waals surface area contributed by atoms with Gasteiger partial charge in [0.2, 0.25) is 0 Å². The first kappa shape index (κ1) is 19.1. The molecule has 1 saturated heterocycles. The molecule has 4 nitrogen and oxygen atoms in total. The molecule has 2 heterocycles. The Kier molecular flexibility index (Phi) is 4.13. The molecule has 3 fully saturated rings. The number of rotatable bonds is 4. The van der Waals surface area contributed by atoms with Crippen LogP contribution in [0, 0.1) is 5.41 Å². The van der Waals surface area contributed by atoms with Crippen molar-refractivity contribution < 1.29 is 9.53 Å². The van der Waals surface area contributed by atoms with E-state index in [9.17, 15) is 4.79 Å². The van der Waals surface area contributed by atoms with Crippen molar-refractivity contribution in [1.29, 1.82) is 0 Å². The van der Waals surface area contributed by atoms with Crippen LogP contribution in [0.15, 0.2) is 54.6 Å². The van der Waals surface area contributed by atoms with E-state index in [2.05, 4.69) is 47.8 Å². The summed E-state index contributed by atoms with van der Waals surface area (Å²) in [4.78, 5) is 14.6. The van der Waals surface area contributed by atoms with Crippen LogP contribution in [0.25, 0.3) is 5.57 Å². The number of amides is 1. The zero-order chi connectivity index (χ0) is 21.2. The minimum Gasteiger partial charge on any atom is -0.482 e. The number of piperidine rings is 1. The number of fused-ring (bicyclic) bond motifs is 1. The number of carbonyl (C=O) groups excluding carboxylic acids is 1. The normalized spacial score (nSPS) is 32.0. The van der Waals surface area contributed by atoms with Gasteiger partial charge in [-0.3, -0.25) is 4.79 Å². The zero-order valence-electron chi connectivity index (χ0n) is 18.4. The van der Waals surface area contributed by atoms with E-state index in [1.54, 1.807) is 0 Å². The minimum absolute atomic E-state index is 0.0999. The molecule has 2 saturated carbocycles. The number of nitrogens with zero attached hydrogens (tertiary/aromatic N) is 1. The number of para-hydroxylation sites is 1. The van der Waals surface area contributed by atoms with Gasteiger partial charge in [0, 0.05) is 48.1 Å². The number of hydrogen-bond donors (Lipinski definition) is 1. The molecule has 1 N–H and O–H groups in total. The van der Waals surface area contributed by atoms with E-state index in [0.717, 1.165) is 48.4 Å². The zero-order valence-corrected chi connectivity index (χ0v) is 18.4. The summed E-state index contributed by atoms with van der Waals surface area (Å²) in [5, 5.41) is 3.77. The molecule has 4 heteroatoms. The SMILES string of the molecule is CCN(CC)C(=O)c1ccc(C2=CC3(CC4NC5CCC54C3)Oc3ccccc32)cc1. The number of nitrogens with one attached hydrogen (secondary N) is 1. The van der Waals surface area contributed by atoms with Crippen molar-refractivity contribution in [1.82, 2.24) is 10.2 Å². The van der Waals surface area contributed by atoms with E-state index in [4.69, 9.17) is 4.74 Å². The van der Waals surface area contributed by atoms with Gasteiger partial charge in [0.05, 0.1) is 0 Å². The molecule has 4 unspecified atom stereocenters. The lowest BCUT2D eigenvalue weighted by atomic mass is 9.55. The molecular formula is C27H30N2O2. The highest BCUT2D eigenvalue weighted by Gasteiger charge is 2.69. The Hall–Kier alpha value is -2.59. The Bertz CT molecular complexity index is 1070. The predicted octanol–water partition coefficient (Wildman–Crippen LogP) is 4.65. The lowest BCUT2D eigenvalue weighted by molar-refractivity contribution is -0.0610. The van der Waals surface area contributed by atoms with Crippen LogP contribution in [0.4, 0.5) is 0 Å². The molecule has 6 rings (SSSR count). The number of hydrogen-bond acceptors (Lipinski definition) is 3. The summed E-state index contributed by atoms with van der Waals surface area (Å²) in [6.45, 7) is 5.50. The molecule has 4 atom stereocenters. The van der Waals surface area contributed by atoms with Crippen LogP contribution in [0.1, 0.15) is 61.0 Å². The number of carbonyl (C=O) groups is 1. The molecular weight excluding hydrogens is 384 g/mol. The molecule has 2 aromatic rings. The van der Waals surface area contributed by atoms with Crippen molar-refractivity contribution in [3.8, 4) is 5.75 Å². The number of ether oxygens (including phenoxy) is 1. The van der Waals surface area contributed by atoms with Gasteiger partial charge < -0.3 is 15.0 Å². The Morgan fingerprint density at radius 2 is 1.87 bits per heavy atom. The van der Waals surface area contributed by atoms with Crippen molar-refractivity contribution in [2.45, 2.75) is 57.2 Å². The van der Waals surface area contributed by atoms with Crippen molar-refractivity contribution >= 4 is 11.5 Å². The van der Waals surface area contributed by atoms with Crippen LogP contribution >= 0.6 is 0 Å².